The van der Waals surface area contributed by atoms with Crippen molar-refractivity contribution in [2.75, 3.05) is 0 Å². The maximum absolute atomic E-state index is 8.99. The Balaban J connectivity index is -0.0000000800. The summed E-state index contributed by atoms with van der Waals surface area (Å²) < 4.78 is 27.0. The highest BCUT2D eigenvalue weighted by Crippen LogP contribution is 1.57. The second-order valence-corrected chi connectivity index (χ2v) is 2.86. The van der Waals surface area contributed by atoms with Crippen LogP contribution in [0.2, 0.25) is 0 Å². The molecule has 0 aliphatic rings. The van der Waals surface area contributed by atoms with Crippen molar-refractivity contribution < 1.29 is 15.8 Å². The first-order chi connectivity index (χ1) is 2.00. The summed E-state index contributed by atoms with van der Waals surface area (Å²) in [6.07, 6.45) is 0. The second-order valence-electron chi connectivity index (χ2n) is 0.454. The van der Waals surface area contributed by atoms with Crippen molar-refractivity contribution in [1.29, 1.82) is 0 Å². The zero-order valence-electron chi connectivity index (χ0n) is 4.13. The Morgan fingerprint density at radius 2 is 1.80 bits per heavy atom. The molecule has 30 valence electrons. The zero-order chi connectivity index (χ0) is 4.50. The van der Waals surface area contributed by atoms with E-state index < -0.39 is 9.57 Å². The Bertz CT molecular complexity index is 96.1. The minimum absolute atomic E-state index is 0. The Hall–Kier alpha value is 0.127. The molecular weight excluding hydrogens is 108 g/mol. The third kappa shape index (κ3) is 1160. The van der Waals surface area contributed by atoms with E-state index in [0.717, 1.165) is 0 Å². The maximum Gasteiger partial charge on any atom is 1.00 e. The summed E-state index contributed by atoms with van der Waals surface area (Å²) in [4.78, 5) is 0. The van der Waals surface area contributed by atoms with Crippen LogP contribution in [0, 0.1) is 0 Å². The topological polar surface area (TPSA) is 57.2 Å². The van der Waals surface area contributed by atoms with Crippen molar-refractivity contribution in [2.24, 2.45) is 0 Å². The summed E-state index contributed by atoms with van der Waals surface area (Å²) in [5.74, 6) is 0. The highest BCUT2D eigenvalue weighted by atomic mass is 32.4. The van der Waals surface area contributed by atoms with E-state index in [2.05, 4.69) is 0 Å². The maximum atomic E-state index is 8.99. The third-order valence-electron chi connectivity index (χ3n) is 0. The fraction of sp³-hybridized carbons (Fsp3) is 0. The molecule has 5 heavy (non-hydrogen) atoms. The lowest BCUT2D eigenvalue weighted by Gasteiger charge is -2.09. The molecule has 0 bridgehead atoms. The molecule has 0 spiro atoms. The standard InChI is InChI=1S/HO3SSi/c1-4(2,3)5/h(H,1,2,3)/q-1/p+1. The Morgan fingerprint density at radius 3 is 1.80 bits per heavy atom. The van der Waals surface area contributed by atoms with Gasteiger partial charge in [-0.3, -0.25) is 8.42 Å². The van der Waals surface area contributed by atoms with Gasteiger partial charge in [-0.25, -0.2) is 0 Å². The van der Waals surface area contributed by atoms with Crippen molar-refractivity contribution >= 4 is 19.0 Å². The minimum Gasteiger partial charge on any atom is -0.784 e. The molecule has 0 saturated carbocycles. The number of rotatable bonds is 0. The van der Waals surface area contributed by atoms with E-state index in [-0.39, 0.29) is 2.85 Å². The van der Waals surface area contributed by atoms with Gasteiger partial charge in [0.05, 0.1) is 0 Å². The molecule has 0 unspecified atom stereocenters. The molecule has 0 saturated heterocycles. The van der Waals surface area contributed by atoms with Crippen molar-refractivity contribution in [3.63, 3.8) is 0 Å². The van der Waals surface area contributed by atoms with Crippen LogP contribution < -0.4 is 0 Å². The van der Waals surface area contributed by atoms with E-state index >= 15 is 0 Å². The number of hydrogen-bond acceptors (Lipinski definition) is 3. The second kappa shape index (κ2) is 1.07. The van der Waals surface area contributed by atoms with E-state index in [4.69, 9.17) is 13.0 Å². The lowest BCUT2D eigenvalue weighted by atomic mass is 15.9. The first kappa shape index (κ1) is 5.13. The minimum atomic E-state index is -4.11. The van der Waals surface area contributed by atoms with Gasteiger partial charge in [0.15, 0.2) is 0 Å². The van der Waals surface area contributed by atoms with E-state index in [0.29, 0.717) is 0 Å². The smallest absolute Gasteiger partial charge is 0.784 e. The van der Waals surface area contributed by atoms with Gasteiger partial charge < -0.3 is 13.9 Å². The molecule has 2 radical (unpaired) electrons. The molecule has 0 aromatic rings. The summed E-state index contributed by atoms with van der Waals surface area (Å²) in [5, 5.41) is 0. The van der Waals surface area contributed by atoms with Crippen LogP contribution in [-0.2, 0) is 9.57 Å². The molecule has 3 nitrogen and oxygen atoms in total. The van der Waals surface area contributed by atoms with Crippen molar-refractivity contribution in [2.45, 2.75) is 0 Å². The summed E-state index contributed by atoms with van der Waals surface area (Å²) in [7, 11) is -2.28. The van der Waals surface area contributed by atoms with Crippen LogP contribution in [-0.4, -0.2) is 22.4 Å². The van der Waals surface area contributed by atoms with E-state index in [1.807, 2.05) is 9.39 Å². The Labute approximate surface area is 35.8 Å². The SMILES string of the molecule is O=S(=O)([O-])[Si-].[H+].[H+]. The van der Waals surface area contributed by atoms with Gasteiger partial charge in [-0.15, -0.1) is 9.57 Å². The van der Waals surface area contributed by atoms with Gasteiger partial charge in [-0.2, -0.15) is 0 Å². The van der Waals surface area contributed by atoms with Gasteiger partial charge in [0, 0.05) is 0 Å². The van der Waals surface area contributed by atoms with Crippen molar-refractivity contribution in [3.05, 3.63) is 0 Å². The number of hydrogen-bond donors (Lipinski definition) is 0. The summed E-state index contributed by atoms with van der Waals surface area (Å²) in [6, 6.07) is 0. The summed E-state index contributed by atoms with van der Waals surface area (Å²) >= 11 is 0. The molecule has 5 heteroatoms. The fourth-order valence-corrected chi connectivity index (χ4v) is 0. The van der Waals surface area contributed by atoms with Crippen LogP contribution in [0.15, 0.2) is 0 Å². The molecule has 0 aromatic heterocycles. The molecule has 0 rings (SSSR count). The van der Waals surface area contributed by atoms with Crippen molar-refractivity contribution in [3.8, 4) is 0 Å². The van der Waals surface area contributed by atoms with Gasteiger partial charge in [-0.05, 0) is 0 Å². The highest BCUT2D eigenvalue weighted by molar-refractivity contribution is 8.07. The normalized spacial score (nSPS) is 11.6. The first-order valence-electron chi connectivity index (χ1n) is 0.704. The molecular formula is H2O3SSi. The van der Waals surface area contributed by atoms with E-state index in [9.17, 15) is 0 Å². The van der Waals surface area contributed by atoms with Gasteiger partial charge in [0.25, 0.3) is 0 Å². The molecule has 0 aliphatic heterocycles. The van der Waals surface area contributed by atoms with Crippen LogP contribution in [0.1, 0.15) is 2.85 Å². The molecule has 0 atom stereocenters. The Kier molecular flexibility index (Phi) is 1.10. The summed E-state index contributed by atoms with van der Waals surface area (Å²) in [5.41, 5.74) is 0. The zero-order valence-corrected chi connectivity index (χ0v) is 3.95. The lowest BCUT2D eigenvalue weighted by molar-refractivity contribution is 0.481. The lowest BCUT2D eigenvalue weighted by Crippen LogP contribution is -1.92. The van der Waals surface area contributed by atoms with Crippen LogP contribution in [0.25, 0.3) is 0 Å². The van der Waals surface area contributed by atoms with E-state index in [1.165, 1.54) is 0 Å². The van der Waals surface area contributed by atoms with Crippen molar-refractivity contribution in [1.82, 2.24) is 0 Å². The monoisotopic (exact) mass is 110 g/mol. The third-order valence-corrected chi connectivity index (χ3v) is 0. The van der Waals surface area contributed by atoms with Gasteiger partial charge in [0.2, 0.25) is 0 Å². The molecule has 0 amide bonds. The average Bonchev–Trinajstić information content (AvgIpc) is 0.722. The highest BCUT2D eigenvalue weighted by Gasteiger charge is 1.42. The van der Waals surface area contributed by atoms with Crippen LogP contribution >= 0.6 is 0 Å². The van der Waals surface area contributed by atoms with Gasteiger partial charge in [0.1, 0.15) is 0 Å². The van der Waals surface area contributed by atoms with Gasteiger partial charge >= 0.3 is 2.85 Å². The molecule has 0 heterocycles. The predicted octanol–water partition coefficient (Wildman–Crippen LogP) is -1.16. The van der Waals surface area contributed by atoms with Crippen LogP contribution in [0.3, 0.4) is 0 Å². The van der Waals surface area contributed by atoms with Crippen LogP contribution in [0.5, 0.6) is 0 Å². The summed E-state index contributed by atoms with van der Waals surface area (Å²) in [6.45, 7) is 0. The molecule has 0 aromatic carbocycles. The average molecular weight is 110 g/mol. The predicted molar refractivity (Wildman–Crippen MR) is 17.7 cm³/mol. The molecule has 0 aliphatic carbocycles. The van der Waals surface area contributed by atoms with Crippen LogP contribution in [0.4, 0.5) is 0 Å². The molecule has 0 fully saturated rings. The fourth-order valence-electron chi connectivity index (χ4n) is 0. The first-order valence-corrected chi connectivity index (χ1v) is 3.34. The Morgan fingerprint density at radius 1 is 1.80 bits per heavy atom. The van der Waals surface area contributed by atoms with E-state index in [1.54, 1.807) is 0 Å². The molecule has 0 N–H and O–H groups in total. The quantitative estimate of drug-likeness (QED) is 0.292. The largest absolute Gasteiger partial charge is 1.00 e. The van der Waals surface area contributed by atoms with Gasteiger partial charge in [-0.1, -0.05) is 0 Å².